The Morgan fingerprint density at radius 1 is 1.50 bits per heavy atom. The van der Waals surface area contributed by atoms with Crippen molar-refractivity contribution < 1.29 is 9.90 Å². The maximum Gasteiger partial charge on any atom is 0.306 e. The van der Waals surface area contributed by atoms with Gasteiger partial charge in [-0.3, -0.25) is 4.79 Å². The fourth-order valence-corrected chi connectivity index (χ4v) is 2.72. The molecule has 0 saturated heterocycles. The second-order valence-corrected chi connectivity index (χ2v) is 4.77. The van der Waals surface area contributed by atoms with Gasteiger partial charge < -0.3 is 5.11 Å². The van der Waals surface area contributed by atoms with Gasteiger partial charge in [0.25, 0.3) is 0 Å². The zero-order valence-corrected chi connectivity index (χ0v) is 9.33. The molecule has 0 amide bonds. The third-order valence-corrected chi connectivity index (χ3v) is 3.46. The van der Waals surface area contributed by atoms with E-state index in [1.54, 1.807) is 0 Å². The summed E-state index contributed by atoms with van der Waals surface area (Å²) in [7, 11) is 0. The molecular weight excluding hydrogens is 176 g/mol. The second kappa shape index (κ2) is 5.38. The molecule has 2 nitrogen and oxygen atoms in total. The van der Waals surface area contributed by atoms with E-state index in [1.165, 1.54) is 12.8 Å². The molecule has 3 atom stereocenters. The summed E-state index contributed by atoms with van der Waals surface area (Å²) in [5.41, 5.74) is 0. The SMILES string of the molecule is CCCC(C(=O)O)C1CCCC(C)C1. The number of rotatable bonds is 4. The molecule has 1 saturated carbocycles. The van der Waals surface area contributed by atoms with Gasteiger partial charge in [0.1, 0.15) is 0 Å². The molecule has 1 fully saturated rings. The van der Waals surface area contributed by atoms with Gasteiger partial charge in [0.2, 0.25) is 0 Å². The first-order chi connectivity index (χ1) is 6.65. The van der Waals surface area contributed by atoms with Crippen LogP contribution >= 0.6 is 0 Å². The Kier molecular flexibility index (Phi) is 4.43. The first-order valence-corrected chi connectivity index (χ1v) is 5.88. The highest BCUT2D eigenvalue weighted by molar-refractivity contribution is 5.70. The van der Waals surface area contributed by atoms with Crippen molar-refractivity contribution in [2.45, 2.75) is 52.4 Å². The molecule has 0 aromatic carbocycles. The van der Waals surface area contributed by atoms with Gasteiger partial charge in [-0.1, -0.05) is 33.1 Å². The zero-order valence-electron chi connectivity index (χ0n) is 9.33. The minimum Gasteiger partial charge on any atom is -0.481 e. The van der Waals surface area contributed by atoms with Gasteiger partial charge in [-0.25, -0.2) is 0 Å². The molecule has 0 bridgehead atoms. The molecular formula is C12H22O2. The molecule has 1 aliphatic carbocycles. The van der Waals surface area contributed by atoms with E-state index >= 15 is 0 Å². The summed E-state index contributed by atoms with van der Waals surface area (Å²) in [6.45, 7) is 4.32. The summed E-state index contributed by atoms with van der Waals surface area (Å²) in [6, 6.07) is 0. The first kappa shape index (κ1) is 11.5. The van der Waals surface area contributed by atoms with Gasteiger partial charge in [0.15, 0.2) is 0 Å². The summed E-state index contributed by atoms with van der Waals surface area (Å²) in [4.78, 5) is 11.1. The van der Waals surface area contributed by atoms with Crippen molar-refractivity contribution >= 4 is 5.97 Å². The fraction of sp³-hybridized carbons (Fsp3) is 0.917. The molecule has 14 heavy (non-hydrogen) atoms. The minimum absolute atomic E-state index is 0.0808. The van der Waals surface area contributed by atoms with Crippen molar-refractivity contribution in [3.63, 3.8) is 0 Å². The van der Waals surface area contributed by atoms with Crippen LogP contribution in [0.3, 0.4) is 0 Å². The van der Waals surface area contributed by atoms with E-state index in [9.17, 15) is 4.79 Å². The molecule has 0 spiro atoms. The van der Waals surface area contributed by atoms with Crippen LogP contribution in [0.4, 0.5) is 0 Å². The Labute approximate surface area is 86.7 Å². The molecule has 0 heterocycles. The second-order valence-electron chi connectivity index (χ2n) is 4.77. The highest BCUT2D eigenvalue weighted by Gasteiger charge is 2.30. The van der Waals surface area contributed by atoms with Crippen LogP contribution in [0.15, 0.2) is 0 Å². The Morgan fingerprint density at radius 3 is 2.71 bits per heavy atom. The number of carbonyl (C=O) groups is 1. The van der Waals surface area contributed by atoms with Crippen molar-refractivity contribution in [3.05, 3.63) is 0 Å². The Hall–Kier alpha value is -0.530. The van der Waals surface area contributed by atoms with E-state index in [1.807, 2.05) is 0 Å². The molecule has 82 valence electrons. The van der Waals surface area contributed by atoms with Crippen LogP contribution in [0, 0.1) is 17.8 Å². The molecule has 0 aliphatic heterocycles. The lowest BCUT2D eigenvalue weighted by molar-refractivity contribution is -0.144. The predicted molar refractivity (Wildman–Crippen MR) is 57.2 cm³/mol. The van der Waals surface area contributed by atoms with Gasteiger partial charge in [-0.05, 0) is 31.1 Å². The van der Waals surface area contributed by atoms with E-state index < -0.39 is 5.97 Å². The van der Waals surface area contributed by atoms with Crippen LogP contribution in [0.5, 0.6) is 0 Å². The largest absolute Gasteiger partial charge is 0.481 e. The molecule has 0 aromatic rings. The van der Waals surface area contributed by atoms with E-state index in [4.69, 9.17) is 5.11 Å². The average Bonchev–Trinajstić information content (AvgIpc) is 2.13. The third kappa shape index (κ3) is 3.00. The van der Waals surface area contributed by atoms with Crippen LogP contribution in [-0.4, -0.2) is 11.1 Å². The first-order valence-electron chi connectivity index (χ1n) is 5.88. The summed E-state index contributed by atoms with van der Waals surface area (Å²) in [5.74, 6) is 0.511. The van der Waals surface area contributed by atoms with Gasteiger partial charge in [0.05, 0.1) is 5.92 Å². The summed E-state index contributed by atoms with van der Waals surface area (Å²) in [6.07, 6.45) is 6.60. The van der Waals surface area contributed by atoms with Crippen LogP contribution in [-0.2, 0) is 4.79 Å². The van der Waals surface area contributed by atoms with Crippen molar-refractivity contribution in [1.29, 1.82) is 0 Å². The lowest BCUT2D eigenvalue weighted by Gasteiger charge is -2.30. The normalized spacial score (nSPS) is 29.9. The number of aliphatic carboxylic acids is 1. The predicted octanol–water partition coefficient (Wildman–Crippen LogP) is 3.31. The molecule has 0 radical (unpaired) electrons. The van der Waals surface area contributed by atoms with Crippen molar-refractivity contribution in [1.82, 2.24) is 0 Å². The van der Waals surface area contributed by atoms with E-state index in [0.29, 0.717) is 5.92 Å². The van der Waals surface area contributed by atoms with E-state index in [-0.39, 0.29) is 5.92 Å². The third-order valence-electron chi connectivity index (χ3n) is 3.46. The van der Waals surface area contributed by atoms with E-state index in [2.05, 4.69) is 13.8 Å². The molecule has 1 aliphatic rings. The Bertz CT molecular complexity index is 189. The molecule has 0 aromatic heterocycles. The van der Waals surface area contributed by atoms with Crippen molar-refractivity contribution in [2.24, 2.45) is 17.8 Å². The van der Waals surface area contributed by atoms with Gasteiger partial charge >= 0.3 is 5.97 Å². The number of carboxylic acids is 1. The van der Waals surface area contributed by atoms with Crippen LogP contribution in [0.25, 0.3) is 0 Å². The maximum absolute atomic E-state index is 11.1. The number of hydrogen-bond acceptors (Lipinski definition) is 1. The zero-order chi connectivity index (χ0) is 10.6. The Balaban J connectivity index is 2.53. The maximum atomic E-state index is 11.1. The van der Waals surface area contributed by atoms with Crippen LogP contribution in [0.2, 0.25) is 0 Å². The summed E-state index contributed by atoms with van der Waals surface area (Å²) in [5, 5.41) is 9.14. The van der Waals surface area contributed by atoms with Crippen molar-refractivity contribution in [2.75, 3.05) is 0 Å². The monoisotopic (exact) mass is 198 g/mol. The summed E-state index contributed by atoms with van der Waals surface area (Å²) >= 11 is 0. The van der Waals surface area contributed by atoms with Crippen LogP contribution in [0.1, 0.15) is 52.4 Å². The highest BCUT2D eigenvalue weighted by Crippen LogP contribution is 2.35. The summed E-state index contributed by atoms with van der Waals surface area (Å²) < 4.78 is 0. The molecule has 1 rings (SSSR count). The minimum atomic E-state index is -0.578. The van der Waals surface area contributed by atoms with Crippen LogP contribution < -0.4 is 0 Å². The number of carboxylic acid groups (broad SMARTS) is 1. The topological polar surface area (TPSA) is 37.3 Å². The quantitative estimate of drug-likeness (QED) is 0.752. The highest BCUT2D eigenvalue weighted by atomic mass is 16.4. The van der Waals surface area contributed by atoms with Crippen molar-refractivity contribution in [3.8, 4) is 0 Å². The lowest BCUT2D eigenvalue weighted by atomic mass is 9.74. The molecule has 2 heteroatoms. The van der Waals surface area contributed by atoms with Gasteiger partial charge in [-0.15, -0.1) is 0 Å². The van der Waals surface area contributed by atoms with Gasteiger partial charge in [0, 0.05) is 0 Å². The standard InChI is InChI=1S/C12H22O2/c1-3-5-11(12(13)14)10-7-4-6-9(2)8-10/h9-11H,3-8H2,1-2H3,(H,13,14). The number of hydrogen-bond donors (Lipinski definition) is 1. The lowest BCUT2D eigenvalue weighted by Crippen LogP contribution is -2.27. The van der Waals surface area contributed by atoms with E-state index in [0.717, 1.165) is 31.6 Å². The Morgan fingerprint density at radius 2 is 2.21 bits per heavy atom. The average molecular weight is 198 g/mol. The van der Waals surface area contributed by atoms with Gasteiger partial charge in [-0.2, -0.15) is 0 Å². The molecule has 1 N–H and O–H groups in total. The smallest absolute Gasteiger partial charge is 0.306 e. The molecule has 3 unspecified atom stereocenters. The fourth-order valence-electron chi connectivity index (χ4n) is 2.72.